The summed E-state index contributed by atoms with van der Waals surface area (Å²) in [5, 5.41) is 0. The van der Waals surface area contributed by atoms with Crippen molar-refractivity contribution in [3.05, 3.63) is 0 Å². The van der Waals surface area contributed by atoms with Crippen molar-refractivity contribution in [2.45, 2.75) is 58.8 Å². The van der Waals surface area contributed by atoms with Crippen molar-refractivity contribution in [3.63, 3.8) is 0 Å². The van der Waals surface area contributed by atoms with Crippen LogP contribution in [-0.4, -0.2) is 31.4 Å². The van der Waals surface area contributed by atoms with E-state index in [1.807, 2.05) is 13.8 Å². The molecule has 0 bridgehead atoms. The third-order valence-electron chi connectivity index (χ3n) is 2.23. The van der Waals surface area contributed by atoms with Crippen LogP contribution in [0.1, 0.15) is 46.5 Å². The summed E-state index contributed by atoms with van der Waals surface area (Å²) in [4.78, 5) is 22.6. The molecule has 0 heterocycles. The lowest BCUT2D eigenvalue weighted by Gasteiger charge is -2.19. The lowest BCUT2D eigenvalue weighted by Crippen LogP contribution is -2.32. The van der Waals surface area contributed by atoms with Gasteiger partial charge in [0.1, 0.15) is 0 Å². The first-order valence-electron chi connectivity index (χ1n) is 5.95. The maximum absolute atomic E-state index is 11.7. The summed E-state index contributed by atoms with van der Waals surface area (Å²) in [6, 6.07) is 0. The molecule has 0 fully saturated rings. The molecule has 2 atom stereocenters. The minimum absolute atomic E-state index is 0.478. The Morgan fingerprint density at radius 2 is 1.82 bits per heavy atom. The van der Waals surface area contributed by atoms with Gasteiger partial charge in [0.25, 0.3) is 0 Å². The first kappa shape index (κ1) is 15.9. The number of carbonyl (C=O) groups is 2. The van der Waals surface area contributed by atoms with Gasteiger partial charge >= 0.3 is 11.9 Å². The zero-order valence-corrected chi connectivity index (χ0v) is 11.0. The molecule has 0 saturated heterocycles. The molecule has 5 heteroatoms. The van der Waals surface area contributed by atoms with Gasteiger partial charge in [0, 0.05) is 20.5 Å². The zero-order valence-electron chi connectivity index (χ0n) is 11.0. The Morgan fingerprint density at radius 3 is 2.24 bits per heavy atom. The number of esters is 2. The molecular weight excluding hydrogens is 224 g/mol. The van der Waals surface area contributed by atoms with E-state index in [0.717, 1.165) is 12.8 Å². The number of rotatable bonds is 8. The van der Waals surface area contributed by atoms with Crippen LogP contribution in [0.5, 0.6) is 0 Å². The molecule has 0 radical (unpaired) electrons. The third-order valence-corrected chi connectivity index (χ3v) is 2.23. The number of hydrogen-bond acceptors (Lipinski definition) is 5. The highest BCUT2D eigenvalue weighted by molar-refractivity contribution is 5.78. The van der Waals surface area contributed by atoms with Crippen LogP contribution in [-0.2, 0) is 23.8 Å². The first-order chi connectivity index (χ1) is 8.04. The van der Waals surface area contributed by atoms with E-state index in [4.69, 9.17) is 14.2 Å². The Balaban J connectivity index is 4.34. The Hall–Kier alpha value is -1.10. The topological polar surface area (TPSA) is 61.8 Å². The van der Waals surface area contributed by atoms with Gasteiger partial charge in [0.2, 0.25) is 6.29 Å². The van der Waals surface area contributed by atoms with Crippen LogP contribution in [0, 0.1) is 0 Å². The van der Waals surface area contributed by atoms with Crippen molar-refractivity contribution >= 4 is 11.9 Å². The standard InChI is InChI=1S/C12H22O5/c1-5-7-8-10(16-9(3)13)12(14)17-11(6-2)15-4/h10-11H,5-8H2,1-4H3. The summed E-state index contributed by atoms with van der Waals surface area (Å²) < 4.78 is 15.0. The molecule has 0 aliphatic rings. The lowest BCUT2D eigenvalue weighted by atomic mass is 10.1. The fourth-order valence-electron chi connectivity index (χ4n) is 1.32. The molecule has 17 heavy (non-hydrogen) atoms. The molecule has 0 aromatic heterocycles. The molecule has 0 aliphatic heterocycles. The highest BCUT2D eigenvalue weighted by atomic mass is 16.7. The Morgan fingerprint density at radius 1 is 1.18 bits per heavy atom. The van der Waals surface area contributed by atoms with E-state index in [2.05, 4.69) is 0 Å². The van der Waals surface area contributed by atoms with Gasteiger partial charge in [-0.15, -0.1) is 0 Å². The van der Waals surface area contributed by atoms with Gasteiger partial charge in [0.15, 0.2) is 6.10 Å². The maximum atomic E-state index is 11.7. The van der Waals surface area contributed by atoms with Crippen LogP contribution in [0.15, 0.2) is 0 Å². The van der Waals surface area contributed by atoms with Gasteiger partial charge in [-0.3, -0.25) is 4.79 Å². The van der Waals surface area contributed by atoms with E-state index in [-0.39, 0.29) is 0 Å². The zero-order chi connectivity index (χ0) is 13.3. The molecule has 0 spiro atoms. The second kappa shape index (κ2) is 8.98. The normalized spacial score (nSPS) is 13.9. The maximum Gasteiger partial charge on any atom is 0.349 e. The SMILES string of the molecule is CCCCC(OC(C)=O)C(=O)OC(CC)OC. The largest absolute Gasteiger partial charge is 0.451 e. The Bertz CT molecular complexity index is 235. The highest BCUT2D eigenvalue weighted by Crippen LogP contribution is 2.10. The van der Waals surface area contributed by atoms with Gasteiger partial charge in [-0.1, -0.05) is 20.3 Å². The average Bonchev–Trinajstić information content (AvgIpc) is 2.30. The molecule has 2 unspecified atom stereocenters. The van der Waals surface area contributed by atoms with Crippen molar-refractivity contribution in [1.82, 2.24) is 0 Å². The lowest BCUT2D eigenvalue weighted by molar-refractivity contribution is -0.189. The van der Waals surface area contributed by atoms with Crippen LogP contribution >= 0.6 is 0 Å². The number of hydrogen-bond donors (Lipinski definition) is 0. The van der Waals surface area contributed by atoms with Crippen molar-refractivity contribution in [1.29, 1.82) is 0 Å². The summed E-state index contributed by atoms with van der Waals surface area (Å²) in [5.41, 5.74) is 0. The summed E-state index contributed by atoms with van der Waals surface area (Å²) in [7, 11) is 1.47. The van der Waals surface area contributed by atoms with Crippen LogP contribution in [0.3, 0.4) is 0 Å². The van der Waals surface area contributed by atoms with Gasteiger partial charge in [-0.2, -0.15) is 0 Å². The number of unbranched alkanes of at least 4 members (excludes halogenated alkanes) is 1. The summed E-state index contributed by atoms with van der Waals surface area (Å²) >= 11 is 0. The number of carbonyl (C=O) groups excluding carboxylic acids is 2. The van der Waals surface area contributed by atoms with Crippen LogP contribution in [0.25, 0.3) is 0 Å². The smallest absolute Gasteiger partial charge is 0.349 e. The average molecular weight is 246 g/mol. The number of ether oxygens (including phenoxy) is 3. The van der Waals surface area contributed by atoms with Gasteiger partial charge < -0.3 is 14.2 Å². The second-order valence-electron chi connectivity index (χ2n) is 3.75. The predicted molar refractivity (Wildman–Crippen MR) is 62.3 cm³/mol. The Kier molecular flexibility index (Phi) is 8.40. The molecule has 0 saturated carbocycles. The van der Waals surface area contributed by atoms with E-state index in [1.54, 1.807) is 0 Å². The molecule has 0 aromatic rings. The number of methoxy groups -OCH3 is 1. The quantitative estimate of drug-likeness (QED) is 0.484. The molecule has 0 amide bonds. The third kappa shape index (κ3) is 6.94. The monoisotopic (exact) mass is 246 g/mol. The van der Waals surface area contributed by atoms with Crippen LogP contribution in [0.4, 0.5) is 0 Å². The highest BCUT2D eigenvalue weighted by Gasteiger charge is 2.25. The van der Waals surface area contributed by atoms with Crippen LogP contribution in [0.2, 0.25) is 0 Å². The predicted octanol–water partition coefficient (Wildman–Crippen LogP) is 2.03. The van der Waals surface area contributed by atoms with Gasteiger partial charge in [-0.25, -0.2) is 4.79 Å². The van der Waals surface area contributed by atoms with Crippen molar-refractivity contribution < 1.29 is 23.8 Å². The van der Waals surface area contributed by atoms with E-state index in [1.165, 1.54) is 14.0 Å². The fraction of sp³-hybridized carbons (Fsp3) is 0.833. The first-order valence-corrected chi connectivity index (χ1v) is 5.95. The molecule has 0 rings (SSSR count). The molecule has 0 aliphatic carbocycles. The van der Waals surface area contributed by atoms with E-state index in [9.17, 15) is 9.59 Å². The van der Waals surface area contributed by atoms with Crippen molar-refractivity contribution in [3.8, 4) is 0 Å². The van der Waals surface area contributed by atoms with Crippen molar-refractivity contribution in [2.75, 3.05) is 7.11 Å². The van der Waals surface area contributed by atoms with Crippen LogP contribution < -0.4 is 0 Å². The minimum Gasteiger partial charge on any atom is -0.451 e. The molecule has 5 nitrogen and oxygen atoms in total. The summed E-state index contributed by atoms with van der Waals surface area (Å²) in [6.45, 7) is 5.12. The minimum atomic E-state index is -0.823. The van der Waals surface area contributed by atoms with Crippen molar-refractivity contribution in [2.24, 2.45) is 0 Å². The second-order valence-corrected chi connectivity index (χ2v) is 3.75. The molecular formula is C12H22O5. The van der Waals surface area contributed by atoms with Gasteiger partial charge in [0.05, 0.1) is 0 Å². The fourth-order valence-corrected chi connectivity index (χ4v) is 1.32. The summed E-state index contributed by atoms with van der Waals surface area (Å²) in [6.07, 6.45) is 1.36. The molecule has 100 valence electrons. The van der Waals surface area contributed by atoms with Gasteiger partial charge in [-0.05, 0) is 12.8 Å². The van der Waals surface area contributed by atoms with E-state index in [0.29, 0.717) is 12.8 Å². The van der Waals surface area contributed by atoms with E-state index < -0.39 is 24.3 Å². The molecule has 0 aromatic carbocycles. The summed E-state index contributed by atoms with van der Waals surface area (Å²) in [5.74, 6) is -1.02. The Labute approximate surface area is 102 Å². The molecule has 0 N–H and O–H groups in total. The van der Waals surface area contributed by atoms with E-state index >= 15 is 0 Å².